The van der Waals surface area contributed by atoms with Crippen molar-refractivity contribution in [1.82, 2.24) is 10.2 Å². The summed E-state index contributed by atoms with van der Waals surface area (Å²) in [7, 11) is 1.88. The van der Waals surface area contributed by atoms with Gasteiger partial charge in [-0.2, -0.15) is 0 Å². The Labute approximate surface area is 203 Å². The van der Waals surface area contributed by atoms with Crippen LogP contribution >= 0.6 is 24.0 Å². The van der Waals surface area contributed by atoms with E-state index in [9.17, 15) is 0 Å². The van der Waals surface area contributed by atoms with Crippen molar-refractivity contribution in [2.24, 2.45) is 10.9 Å². The molecule has 2 saturated heterocycles. The normalized spacial score (nSPS) is 21.7. The SMILES string of the molecule is CN=C(NCC1CCN(c2ccccc2)C1)N1CCOC(c2ccc(C)cc2C)C1.I. The van der Waals surface area contributed by atoms with Gasteiger partial charge in [-0.25, -0.2) is 0 Å². The molecule has 0 aromatic heterocycles. The first-order valence-electron chi connectivity index (χ1n) is 11.1. The van der Waals surface area contributed by atoms with E-state index < -0.39 is 0 Å². The smallest absolute Gasteiger partial charge is 0.193 e. The van der Waals surface area contributed by atoms with Crippen LogP contribution in [0.3, 0.4) is 0 Å². The Morgan fingerprint density at radius 1 is 1.10 bits per heavy atom. The number of benzene rings is 2. The maximum absolute atomic E-state index is 6.12. The maximum atomic E-state index is 6.12. The van der Waals surface area contributed by atoms with Gasteiger partial charge in [-0.1, -0.05) is 42.0 Å². The Balaban J connectivity index is 0.00000272. The lowest BCUT2D eigenvalue weighted by Gasteiger charge is -2.36. The molecule has 2 aromatic rings. The highest BCUT2D eigenvalue weighted by molar-refractivity contribution is 14.0. The first kappa shape index (κ1) is 23.9. The summed E-state index contributed by atoms with van der Waals surface area (Å²) >= 11 is 0. The quantitative estimate of drug-likeness (QED) is 0.359. The van der Waals surface area contributed by atoms with Gasteiger partial charge >= 0.3 is 0 Å². The van der Waals surface area contributed by atoms with Crippen LogP contribution in [0, 0.1) is 19.8 Å². The van der Waals surface area contributed by atoms with E-state index in [2.05, 4.69) is 82.5 Å². The number of morpholine rings is 1. The molecule has 1 N–H and O–H groups in total. The summed E-state index contributed by atoms with van der Waals surface area (Å²) in [5, 5.41) is 3.64. The van der Waals surface area contributed by atoms with Gasteiger partial charge in [0.15, 0.2) is 5.96 Å². The van der Waals surface area contributed by atoms with Gasteiger partial charge in [0.2, 0.25) is 0 Å². The molecule has 0 spiro atoms. The molecule has 0 bridgehead atoms. The van der Waals surface area contributed by atoms with E-state index in [0.29, 0.717) is 5.92 Å². The molecule has 5 nitrogen and oxygen atoms in total. The number of para-hydroxylation sites is 1. The largest absolute Gasteiger partial charge is 0.371 e. The molecular formula is C25H35IN4O. The molecule has 2 heterocycles. The number of hydrogen-bond acceptors (Lipinski definition) is 3. The van der Waals surface area contributed by atoms with E-state index in [0.717, 1.165) is 45.3 Å². The van der Waals surface area contributed by atoms with Crippen molar-refractivity contribution in [3.8, 4) is 0 Å². The number of hydrogen-bond donors (Lipinski definition) is 1. The third kappa shape index (κ3) is 5.92. The lowest BCUT2D eigenvalue weighted by atomic mass is 10.00. The average molecular weight is 534 g/mol. The van der Waals surface area contributed by atoms with Gasteiger partial charge in [0, 0.05) is 38.9 Å². The minimum Gasteiger partial charge on any atom is -0.371 e. The predicted octanol–water partition coefficient (Wildman–Crippen LogP) is 4.40. The summed E-state index contributed by atoms with van der Waals surface area (Å²) in [5.74, 6) is 1.63. The van der Waals surface area contributed by atoms with Crippen LogP contribution in [-0.4, -0.2) is 57.2 Å². The van der Waals surface area contributed by atoms with Crippen LogP contribution in [0.25, 0.3) is 0 Å². The Hall–Kier alpha value is -1.80. The molecule has 2 fully saturated rings. The Bertz CT molecular complexity index is 873. The Morgan fingerprint density at radius 2 is 1.90 bits per heavy atom. The molecule has 2 atom stereocenters. The number of guanidine groups is 1. The van der Waals surface area contributed by atoms with E-state index in [1.165, 1.54) is 28.8 Å². The lowest BCUT2D eigenvalue weighted by molar-refractivity contribution is -0.00836. The van der Waals surface area contributed by atoms with E-state index in [1.807, 2.05) is 7.05 Å². The van der Waals surface area contributed by atoms with Gasteiger partial charge in [0.25, 0.3) is 0 Å². The molecule has 0 aliphatic carbocycles. The van der Waals surface area contributed by atoms with Crippen LogP contribution in [0.2, 0.25) is 0 Å². The monoisotopic (exact) mass is 534 g/mol. The fourth-order valence-electron chi connectivity index (χ4n) is 4.66. The first-order valence-corrected chi connectivity index (χ1v) is 11.1. The minimum absolute atomic E-state index is 0. The summed E-state index contributed by atoms with van der Waals surface area (Å²) in [6, 6.07) is 17.4. The van der Waals surface area contributed by atoms with Crippen LogP contribution in [0.1, 0.15) is 29.2 Å². The van der Waals surface area contributed by atoms with E-state index in [4.69, 9.17) is 4.74 Å². The van der Waals surface area contributed by atoms with Gasteiger partial charge in [0.05, 0.1) is 13.2 Å². The van der Waals surface area contributed by atoms with E-state index in [-0.39, 0.29) is 30.1 Å². The fourth-order valence-corrected chi connectivity index (χ4v) is 4.66. The standard InChI is InChI=1S/C25H34N4O.HI/c1-19-9-10-23(20(2)15-19)24-18-29(13-14-30-24)25(26-3)27-16-21-11-12-28(17-21)22-7-5-4-6-8-22;/h4-10,15,21,24H,11-14,16-18H2,1-3H3,(H,26,27);1H. The zero-order valence-electron chi connectivity index (χ0n) is 18.9. The summed E-state index contributed by atoms with van der Waals surface area (Å²) in [4.78, 5) is 9.41. The number of nitrogens with one attached hydrogen (secondary N) is 1. The molecule has 4 rings (SSSR count). The maximum Gasteiger partial charge on any atom is 0.193 e. The van der Waals surface area contributed by atoms with Crippen LogP contribution in [0.15, 0.2) is 53.5 Å². The number of nitrogens with zero attached hydrogens (tertiary/aromatic N) is 3. The van der Waals surface area contributed by atoms with Gasteiger partial charge in [0.1, 0.15) is 6.10 Å². The van der Waals surface area contributed by atoms with Crippen molar-refractivity contribution in [2.75, 3.05) is 51.3 Å². The van der Waals surface area contributed by atoms with E-state index in [1.54, 1.807) is 0 Å². The van der Waals surface area contributed by atoms with Crippen LogP contribution < -0.4 is 10.2 Å². The van der Waals surface area contributed by atoms with Crippen molar-refractivity contribution >= 4 is 35.6 Å². The number of ether oxygens (including phenoxy) is 1. The Morgan fingerprint density at radius 3 is 2.65 bits per heavy atom. The van der Waals surface area contributed by atoms with Gasteiger partial charge < -0.3 is 19.9 Å². The number of anilines is 1. The number of rotatable bonds is 4. The highest BCUT2D eigenvalue weighted by Crippen LogP contribution is 2.26. The van der Waals surface area contributed by atoms with Gasteiger partial charge in [-0.15, -0.1) is 24.0 Å². The van der Waals surface area contributed by atoms with Crippen molar-refractivity contribution in [3.05, 3.63) is 65.2 Å². The van der Waals surface area contributed by atoms with Gasteiger partial charge in [-0.05, 0) is 49.4 Å². The molecule has 0 amide bonds. The fraction of sp³-hybridized carbons (Fsp3) is 0.480. The molecule has 2 aliphatic rings. The zero-order valence-corrected chi connectivity index (χ0v) is 21.2. The molecule has 6 heteroatoms. The molecule has 0 saturated carbocycles. The number of aliphatic imine (C=N–C) groups is 1. The third-order valence-electron chi connectivity index (χ3n) is 6.31. The minimum atomic E-state index is 0. The third-order valence-corrected chi connectivity index (χ3v) is 6.31. The Kier molecular flexibility index (Phi) is 8.60. The first-order chi connectivity index (χ1) is 14.6. The predicted molar refractivity (Wildman–Crippen MR) is 140 cm³/mol. The second-order valence-corrected chi connectivity index (χ2v) is 8.53. The molecular weight excluding hydrogens is 499 g/mol. The summed E-state index contributed by atoms with van der Waals surface area (Å²) in [6.07, 6.45) is 1.31. The molecule has 2 aromatic carbocycles. The lowest BCUT2D eigenvalue weighted by Crippen LogP contribution is -2.49. The molecule has 2 unspecified atom stereocenters. The summed E-state index contributed by atoms with van der Waals surface area (Å²) in [6.45, 7) is 9.94. The van der Waals surface area contributed by atoms with Crippen molar-refractivity contribution in [1.29, 1.82) is 0 Å². The highest BCUT2D eigenvalue weighted by atomic mass is 127. The second-order valence-electron chi connectivity index (χ2n) is 8.53. The van der Waals surface area contributed by atoms with Crippen molar-refractivity contribution in [3.63, 3.8) is 0 Å². The van der Waals surface area contributed by atoms with Crippen molar-refractivity contribution in [2.45, 2.75) is 26.4 Å². The second kappa shape index (κ2) is 11.2. The topological polar surface area (TPSA) is 40.1 Å². The van der Waals surface area contributed by atoms with E-state index >= 15 is 0 Å². The number of halogens is 1. The molecule has 0 radical (unpaired) electrons. The van der Waals surface area contributed by atoms with Crippen LogP contribution in [0.5, 0.6) is 0 Å². The summed E-state index contributed by atoms with van der Waals surface area (Å²) in [5.41, 5.74) is 5.21. The van der Waals surface area contributed by atoms with Crippen molar-refractivity contribution < 1.29 is 4.74 Å². The highest BCUT2D eigenvalue weighted by Gasteiger charge is 2.27. The summed E-state index contributed by atoms with van der Waals surface area (Å²) < 4.78 is 6.12. The van der Waals surface area contributed by atoms with Gasteiger partial charge in [-0.3, -0.25) is 4.99 Å². The molecule has 2 aliphatic heterocycles. The van der Waals surface area contributed by atoms with Crippen LogP contribution in [0.4, 0.5) is 5.69 Å². The number of aryl methyl sites for hydroxylation is 2. The van der Waals surface area contributed by atoms with Crippen LogP contribution in [-0.2, 0) is 4.74 Å². The average Bonchev–Trinajstić information content (AvgIpc) is 3.24. The molecule has 168 valence electrons. The zero-order chi connectivity index (χ0) is 20.9. The molecule has 31 heavy (non-hydrogen) atoms.